The fourth-order valence-electron chi connectivity index (χ4n) is 2.92. The van der Waals surface area contributed by atoms with Crippen molar-refractivity contribution in [2.24, 2.45) is 0 Å². The Kier molecular flexibility index (Phi) is 6.78. The lowest BCUT2D eigenvalue weighted by atomic mass is 10.1. The predicted octanol–water partition coefficient (Wildman–Crippen LogP) is -2.34. The number of ether oxygens (including phenoxy) is 1. The first-order valence-electron chi connectivity index (χ1n) is 8.10. The molecular formula is C10H16N5O14P3. The standard InChI is InChI=1S/C10H16N5O14P3/c11-10-13-7-4(8(16)14-10)12-2-15(7)9-6(29-32(23,24)25)5(28-31(20,21)22)3(27-9)1-26-30(17,18)19/h2-3,5-6,9H,1H2,(H2,17,18,19)(H2,20,21,22)(H2,23,24,25)(H3,11,13,14,16)/t3-,5-,6-,9-/m1/s1. The van der Waals surface area contributed by atoms with E-state index in [0.29, 0.717) is 0 Å². The van der Waals surface area contributed by atoms with Crippen molar-refractivity contribution >= 4 is 40.6 Å². The van der Waals surface area contributed by atoms with Crippen LogP contribution in [-0.4, -0.2) is 73.8 Å². The minimum Gasteiger partial charge on any atom is -0.369 e. The molecule has 1 aliphatic heterocycles. The highest BCUT2D eigenvalue weighted by molar-refractivity contribution is 7.46. The zero-order valence-corrected chi connectivity index (χ0v) is 18.0. The third-order valence-electron chi connectivity index (χ3n) is 3.94. The molecule has 22 heteroatoms. The quantitative estimate of drug-likeness (QED) is 0.168. The van der Waals surface area contributed by atoms with Gasteiger partial charge in [-0.3, -0.25) is 27.9 Å². The van der Waals surface area contributed by atoms with Crippen molar-refractivity contribution in [1.29, 1.82) is 0 Å². The molecule has 1 aliphatic rings. The summed E-state index contributed by atoms with van der Waals surface area (Å²) in [7, 11) is -15.8. The average Bonchev–Trinajstić information content (AvgIpc) is 3.12. The highest BCUT2D eigenvalue weighted by Crippen LogP contribution is 2.50. The summed E-state index contributed by atoms with van der Waals surface area (Å²) in [5.74, 6) is -0.376. The molecule has 1 saturated heterocycles. The van der Waals surface area contributed by atoms with Crippen molar-refractivity contribution in [3.8, 4) is 0 Å². The second-order valence-electron chi connectivity index (χ2n) is 6.25. The maximum atomic E-state index is 12.0. The van der Waals surface area contributed by atoms with E-state index >= 15 is 0 Å². The molecule has 0 radical (unpaired) electrons. The number of hydrogen-bond donors (Lipinski definition) is 8. The normalized spacial score (nSPS) is 24.9. The number of phosphoric ester groups is 3. The third kappa shape index (κ3) is 6.06. The SMILES string of the molecule is Nc1nc2c(ncn2[C@@H]2O[C@H](COP(=O)(O)O)[C@@H](OP(=O)(O)O)[C@H]2OP(=O)(O)O)c(=O)[nH]1. The molecule has 1 fully saturated rings. The molecule has 0 spiro atoms. The van der Waals surface area contributed by atoms with E-state index in [1.807, 2.05) is 0 Å². The van der Waals surface area contributed by atoms with Crippen LogP contribution < -0.4 is 11.3 Å². The zero-order valence-electron chi connectivity index (χ0n) is 15.3. The summed E-state index contributed by atoms with van der Waals surface area (Å²) in [5, 5.41) is 0. The lowest BCUT2D eigenvalue weighted by Gasteiger charge is -2.25. The fourth-order valence-corrected chi connectivity index (χ4v) is 4.38. The van der Waals surface area contributed by atoms with Crippen molar-refractivity contribution in [2.45, 2.75) is 24.5 Å². The Bertz CT molecular complexity index is 1200. The summed E-state index contributed by atoms with van der Waals surface area (Å²) >= 11 is 0. The molecule has 0 bridgehead atoms. The van der Waals surface area contributed by atoms with E-state index in [0.717, 1.165) is 10.9 Å². The van der Waals surface area contributed by atoms with Gasteiger partial charge in [0.05, 0.1) is 12.9 Å². The van der Waals surface area contributed by atoms with Gasteiger partial charge in [0.15, 0.2) is 17.4 Å². The van der Waals surface area contributed by atoms with Crippen LogP contribution in [0.3, 0.4) is 0 Å². The minimum atomic E-state index is -5.37. The number of nitrogens with one attached hydrogen (secondary N) is 1. The van der Waals surface area contributed by atoms with Gasteiger partial charge in [0, 0.05) is 0 Å². The van der Waals surface area contributed by atoms with Gasteiger partial charge < -0.3 is 39.8 Å². The first kappa shape index (κ1) is 25.1. The largest absolute Gasteiger partial charge is 0.470 e. The van der Waals surface area contributed by atoms with Gasteiger partial charge in [0.25, 0.3) is 5.56 Å². The van der Waals surface area contributed by atoms with Crippen LogP contribution in [0, 0.1) is 0 Å². The molecule has 180 valence electrons. The summed E-state index contributed by atoms with van der Waals surface area (Å²) < 4.78 is 53.7. The van der Waals surface area contributed by atoms with E-state index in [4.69, 9.17) is 20.3 Å². The number of rotatable bonds is 8. The number of nitrogens with zero attached hydrogens (tertiary/aromatic N) is 3. The number of aromatic amines is 1. The van der Waals surface area contributed by atoms with Gasteiger partial charge in [0.1, 0.15) is 18.3 Å². The number of nitrogen functional groups attached to an aromatic ring is 1. The highest BCUT2D eigenvalue weighted by atomic mass is 31.2. The van der Waals surface area contributed by atoms with Gasteiger partial charge in [-0.25, -0.2) is 18.7 Å². The number of aromatic nitrogens is 4. The highest BCUT2D eigenvalue weighted by Gasteiger charge is 2.53. The Morgan fingerprint density at radius 3 is 2.22 bits per heavy atom. The fraction of sp³-hybridized carbons (Fsp3) is 0.500. The molecule has 0 saturated carbocycles. The van der Waals surface area contributed by atoms with Crippen LogP contribution in [0.1, 0.15) is 6.23 Å². The van der Waals surface area contributed by atoms with Crippen LogP contribution in [-0.2, 0) is 32.0 Å². The summed E-state index contributed by atoms with van der Waals surface area (Å²) in [6.07, 6.45) is -6.60. The van der Waals surface area contributed by atoms with Crippen molar-refractivity contribution in [3.05, 3.63) is 16.7 Å². The first-order chi connectivity index (χ1) is 14.5. The van der Waals surface area contributed by atoms with Gasteiger partial charge in [-0.05, 0) is 0 Å². The number of nitrogens with two attached hydrogens (primary N) is 1. The van der Waals surface area contributed by atoms with E-state index < -0.39 is 60.2 Å². The van der Waals surface area contributed by atoms with Gasteiger partial charge in [-0.15, -0.1) is 0 Å². The van der Waals surface area contributed by atoms with Gasteiger partial charge >= 0.3 is 23.5 Å². The van der Waals surface area contributed by atoms with Crippen molar-refractivity contribution in [1.82, 2.24) is 19.5 Å². The number of hydrogen-bond acceptors (Lipinski definition) is 11. The van der Waals surface area contributed by atoms with E-state index in [2.05, 4.69) is 28.5 Å². The molecule has 3 heterocycles. The van der Waals surface area contributed by atoms with Crippen LogP contribution in [0.4, 0.5) is 5.95 Å². The van der Waals surface area contributed by atoms with Gasteiger partial charge in [0.2, 0.25) is 5.95 Å². The lowest BCUT2D eigenvalue weighted by molar-refractivity contribution is -0.0496. The van der Waals surface area contributed by atoms with Gasteiger partial charge in [-0.1, -0.05) is 0 Å². The first-order valence-corrected chi connectivity index (χ1v) is 12.7. The van der Waals surface area contributed by atoms with E-state index in [-0.39, 0.29) is 17.1 Å². The maximum Gasteiger partial charge on any atom is 0.470 e. The van der Waals surface area contributed by atoms with E-state index in [9.17, 15) is 38.1 Å². The average molecular weight is 523 g/mol. The molecule has 0 aromatic carbocycles. The summed E-state index contributed by atoms with van der Waals surface area (Å²) in [6.45, 7) is -1.05. The second kappa shape index (κ2) is 8.66. The maximum absolute atomic E-state index is 12.0. The van der Waals surface area contributed by atoms with Crippen molar-refractivity contribution in [2.75, 3.05) is 12.3 Å². The molecule has 32 heavy (non-hydrogen) atoms. The third-order valence-corrected chi connectivity index (χ3v) is 5.46. The Labute approximate surface area is 175 Å². The summed E-state index contributed by atoms with van der Waals surface area (Å²) in [5.41, 5.74) is 4.12. The summed E-state index contributed by atoms with van der Waals surface area (Å²) in [4.78, 5) is 76.5. The van der Waals surface area contributed by atoms with E-state index in [1.165, 1.54) is 0 Å². The minimum absolute atomic E-state index is 0.276. The molecule has 9 N–H and O–H groups in total. The van der Waals surface area contributed by atoms with E-state index in [1.54, 1.807) is 0 Å². The molecule has 0 amide bonds. The van der Waals surface area contributed by atoms with Crippen LogP contribution in [0.2, 0.25) is 0 Å². The molecule has 4 atom stereocenters. The Morgan fingerprint density at radius 2 is 1.66 bits per heavy atom. The molecule has 3 rings (SSSR count). The molecule has 2 aromatic rings. The second-order valence-corrected chi connectivity index (χ2v) is 9.87. The van der Waals surface area contributed by atoms with Crippen LogP contribution >= 0.6 is 23.5 Å². The predicted molar refractivity (Wildman–Crippen MR) is 98.3 cm³/mol. The monoisotopic (exact) mass is 523 g/mol. The number of H-pyrrole nitrogens is 1. The molecule has 0 unspecified atom stereocenters. The number of phosphoric acid groups is 3. The van der Waals surface area contributed by atoms with Crippen LogP contribution in [0.15, 0.2) is 11.1 Å². The zero-order chi connectivity index (χ0) is 24.1. The Hall–Kier alpha value is -1.56. The molecular weight excluding hydrogens is 507 g/mol. The van der Waals surface area contributed by atoms with Crippen LogP contribution in [0.25, 0.3) is 11.2 Å². The topological polar surface area (TPSA) is 299 Å². The number of anilines is 1. The number of imidazole rings is 1. The smallest absolute Gasteiger partial charge is 0.369 e. The molecule has 2 aromatic heterocycles. The van der Waals surface area contributed by atoms with Crippen LogP contribution in [0.5, 0.6) is 0 Å². The molecule has 19 nitrogen and oxygen atoms in total. The summed E-state index contributed by atoms with van der Waals surface area (Å²) in [6, 6.07) is 0. The van der Waals surface area contributed by atoms with Crippen molar-refractivity contribution < 1.29 is 61.4 Å². The number of fused-ring (bicyclic) bond motifs is 1. The Morgan fingerprint density at radius 1 is 1.06 bits per heavy atom. The Balaban J connectivity index is 2.10. The van der Waals surface area contributed by atoms with Crippen molar-refractivity contribution in [3.63, 3.8) is 0 Å². The lowest BCUT2D eigenvalue weighted by Crippen LogP contribution is -2.37. The molecule has 0 aliphatic carbocycles. The van der Waals surface area contributed by atoms with Gasteiger partial charge in [-0.2, -0.15) is 4.98 Å².